The summed E-state index contributed by atoms with van der Waals surface area (Å²) in [7, 11) is 3.51. The lowest BCUT2D eigenvalue weighted by molar-refractivity contribution is -1.07. The molecule has 0 aromatic carbocycles. The van der Waals surface area contributed by atoms with Crippen molar-refractivity contribution in [2.45, 2.75) is 122 Å². The van der Waals surface area contributed by atoms with Crippen LogP contribution in [0.15, 0.2) is 0 Å². The number of rotatable bonds is 25. The van der Waals surface area contributed by atoms with Crippen molar-refractivity contribution in [2.75, 3.05) is 40.3 Å². The van der Waals surface area contributed by atoms with Crippen molar-refractivity contribution in [3.05, 3.63) is 0 Å². The van der Waals surface area contributed by atoms with Crippen molar-refractivity contribution in [1.82, 2.24) is 16.0 Å². The Balaban J connectivity index is 3.45. The molecule has 0 heterocycles. The van der Waals surface area contributed by atoms with Gasteiger partial charge in [-0.3, -0.25) is 14.4 Å². The molecule has 0 spiro atoms. The Morgan fingerprint density at radius 3 is 1.42 bits per heavy atom. The molecule has 0 aliphatic heterocycles. The lowest BCUT2D eigenvalue weighted by Gasteiger charge is -2.18. The van der Waals surface area contributed by atoms with Gasteiger partial charge in [-0.25, -0.2) is 5.21 Å². The maximum Gasteiger partial charge on any atom is 0.220 e. The van der Waals surface area contributed by atoms with Gasteiger partial charge < -0.3 is 16.0 Å². The van der Waals surface area contributed by atoms with E-state index in [4.69, 9.17) is 0 Å². The van der Waals surface area contributed by atoms with Crippen LogP contribution in [0.3, 0.4) is 0 Å². The zero-order valence-corrected chi connectivity index (χ0v) is 23.7. The first-order valence-corrected chi connectivity index (χ1v) is 14.6. The number of carbonyl (C=O) groups excluding carboxylic acids is 3. The van der Waals surface area contributed by atoms with Crippen LogP contribution in [-0.4, -0.2) is 67.8 Å². The van der Waals surface area contributed by atoms with Crippen LogP contribution in [0.5, 0.6) is 0 Å². The van der Waals surface area contributed by atoms with Crippen molar-refractivity contribution in [2.24, 2.45) is 0 Å². The van der Waals surface area contributed by atoms with E-state index in [-0.39, 0.29) is 35.2 Å². The fraction of sp³-hybridized carbons (Fsp3) is 0.893. The Hall–Kier alpha value is -1.67. The summed E-state index contributed by atoms with van der Waals surface area (Å²) in [5.41, 5.74) is 0. The Morgan fingerprint density at radius 1 is 0.528 bits per heavy atom. The lowest BCUT2D eigenvalue weighted by Crippen LogP contribution is -2.36. The van der Waals surface area contributed by atoms with Gasteiger partial charge in [-0.05, 0) is 25.7 Å². The van der Waals surface area contributed by atoms with E-state index in [0.717, 1.165) is 45.1 Å². The second-order valence-electron chi connectivity index (χ2n) is 10.6. The molecule has 212 valence electrons. The number of quaternary nitrogens is 1. The highest BCUT2D eigenvalue weighted by atomic mass is 16.5. The first-order valence-electron chi connectivity index (χ1n) is 14.6. The predicted octanol–water partition coefficient (Wildman–Crippen LogP) is 4.84. The molecule has 0 fully saturated rings. The summed E-state index contributed by atoms with van der Waals surface area (Å²) in [6, 6.07) is 0. The molecule has 36 heavy (non-hydrogen) atoms. The van der Waals surface area contributed by atoms with Crippen molar-refractivity contribution in [3.8, 4) is 0 Å². The van der Waals surface area contributed by atoms with Crippen LogP contribution in [0.4, 0.5) is 0 Å². The fourth-order valence-corrected chi connectivity index (χ4v) is 4.05. The molecule has 0 saturated carbocycles. The first kappa shape index (κ1) is 34.3. The largest absolute Gasteiger partial charge is 0.356 e. The van der Waals surface area contributed by atoms with Gasteiger partial charge in [0, 0.05) is 38.9 Å². The molecule has 3 amide bonds. The van der Waals surface area contributed by atoms with E-state index in [1.165, 1.54) is 57.8 Å². The Morgan fingerprint density at radius 2 is 0.917 bits per heavy atom. The molecule has 8 heteroatoms. The van der Waals surface area contributed by atoms with Crippen molar-refractivity contribution in [3.63, 3.8) is 0 Å². The quantitative estimate of drug-likeness (QED) is 0.0796. The second-order valence-corrected chi connectivity index (χ2v) is 10.6. The number of hydrogen-bond donors (Lipinski definition) is 4. The smallest absolute Gasteiger partial charge is 0.220 e. The number of hydroxylamine groups is 3. The summed E-state index contributed by atoms with van der Waals surface area (Å²) in [6.45, 7) is 4.39. The van der Waals surface area contributed by atoms with Crippen LogP contribution in [0.2, 0.25) is 0 Å². The molecule has 0 radical (unpaired) electrons. The maximum atomic E-state index is 11.9. The molecule has 0 unspecified atom stereocenters. The molecule has 0 aromatic rings. The number of hydrogen-bond acceptors (Lipinski definition) is 4. The molecule has 0 aliphatic carbocycles. The maximum absolute atomic E-state index is 11.9. The molecule has 0 rings (SSSR count). The normalized spacial score (nSPS) is 11.3. The van der Waals surface area contributed by atoms with Crippen LogP contribution in [0, 0.1) is 0 Å². The van der Waals surface area contributed by atoms with Gasteiger partial charge in [0.1, 0.15) is 6.54 Å². The van der Waals surface area contributed by atoms with E-state index in [1.54, 1.807) is 14.1 Å². The highest BCUT2D eigenvalue weighted by Gasteiger charge is 2.09. The molecule has 0 aromatic heterocycles. The summed E-state index contributed by atoms with van der Waals surface area (Å²) in [5.74, 6) is -0.244. The number of unbranched alkanes of at least 4 members (excludes halogenated alkanes) is 13. The van der Waals surface area contributed by atoms with E-state index >= 15 is 0 Å². The highest BCUT2D eigenvalue weighted by molar-refractivity contribution is 5.83. The van der Waals surface area contributed by atoms with Gasteiger partial charge >= 0.3 is 0 Å². The van der Waals surface area contributed by atoms with E-state index in [0.29, 0.717) is 26.1 Å². The lowest BCUT2D eigenvalue weighted by atomic mass is 10.1. The minimum absolute atomic E-state index is 0.00932. The molecule has 8 nitrogen and oxygen atoms in total. The predicted molar refractivity (Wildman–Crippen MR) is 147 cm³/mol. The van der Waals surface area contributed by atoms with Crippen LogP contribution in [0.1, 0.15) is 122 Å². The SMILES string of the molecule is CCCCCCCCCCCCCC(=O)NCCNC(=O)CCC(=O)NCCCCCC[N+](C)(C)O. The third kappa shape index (κ3) is 26.9. The van der Waals surface area contributed by atoms with Gasteiger partial charge in [-0.2, -0.15) is 4.65 Å². The molecular formula is C28H57N4O4+. The van der Waals surface area contributed by atoms with Gasteiger partial charge in [0.05, 0.1) is 14.1 Å². The number of nitrogens with one attached hydrogen (secondary N) is 3. The van der Waals surface area contributed by atoms with Gasteiger partial charge in [-0.15, -0.1) is 0 Å². The summed E-state index contributed by atoms with van der Waals surface area (Å²) < 4.78 is -0.00932. The Labute approximate surface area is 220 Å². The molecule has 0 bridgehead atoms. The third-order valence-electron chi connectivity index (χ3n) is 6.31. The standard InChI is InChI=1S/C28H56N4O4/c1-4-5-6-7-8-9-10-11-12-13-16-19-26(33)30-23-24-31-28(35)21-20-27(34)29-22-17-14-15-18-25-32(2,3)36/h36H,4-25H2,1-3H3,(H2-,29,30,31,33,34,35)/p+1. The van der Waals surface area contributed by atoms with Crippen molar-refractivity contribution in [1.29, 1.82) is 0 Å². The fourth-order valence-electron chi connectivity index (χ4n) is 4.05. The van der Waals surface area contributed by atoms with Gasteiger partial charge in [0.2, 0.25) is 17.7 Å². The first-order chi connectivity index (χ1) is 17.2. The minimum Gasteiger partial charge on any atom is -0.356 e. The number of amides is 3. The van der Waals surface area contributed by atoms with Crippen molar-refractivity contribution >= 4 is 17.7 Å². The Kier molecular flexibility index (Phi) is 22.6. The molecule has 0 aliphatic rings. The monoisotopic (exact) mass is 513 g/mol. The van der Waals surface area contributed by atoms with Gasteiger partial charge in [0.15, 0.2) is 0 Å². The zero-order valence-electron chi connectivity index (χ0n) is 23.7. The topological polar surface area (TPSA) is 108 Å². The van der Waals surface area contributed by atoms with Crippen molar-refractivity contribution < 1.29 is 24.2 Å². The summed E-state index contributed by atoms with van der Waals surface area (Å²) in [4.78, 5) is 35.6. The van der Waals surface area contributed by atoms with E-state index in [9.17, 15) is 19.6 Å². The number of carbonyl (C=O) groups is 3. The van der Waals surface area contributed by atoms with Gasteiger partial charge in [0.25, 0.3) is 0 Å². The minimum atomic E-state index is -0.172. The average molecular weight is 514 g/mol. The zero-order chi connectivity index (χ0) is 26.9. The molecule has 0 saturated heterocycles. The molecular weight excluding hydrogens is 456 g/mol. The average Bonchev–Trinajstić information content (AvgIpc) is 2.82. The molecule has 4 N–H and O–H groups in total. The Bertz CT molecular complexity index is 564. The summed E-state index contributed by atoms with van der Waals surface area (Å²) in [5, 5.41) is 18.1. The van der Waals surface area contributed by atoms with Crippen LogP contribution >= 0.6 is 0 Å². The number of nitrogens with zero attached hydrogens (tertiary/aromatic N) is 1. The summed E-state index contributed by atoms with van der Waals surface area (Å²) >= 11 is 0. The third-order valence-corrected chi connectivity index (χ3v) is 6.31. The van der Waals surface area contributed by atoms with E-state index < -0.39 is 0 Å². The van der Waals surface area contributed by atoms with Crippen LogP contribution in [-0.2, 0) is 14.4 Å². The van der Waals surface area contributed by atoms with Crippen LogP contribution in [0.25, 0.3) is 0 Å². The van der Waals surface area contributed by atoms with Gasteiger partial charge in [-0.1, -0.05) is 77.6 Å². The molecule has 0 atom stereocenters. The van der Waals surface area contributed by atoms with E-state index in [1.807, 2.05) is 0 Å². The van der Waals surface area contributed by atoms with E-state index in [2.05, 4.69) is 22.9 Å². The van der Waals surface area contributed by atoms with Crippen LogP contribution < -0.4 is 16.0 Å². The highest BCUT2D eigenvalue weighted by Crippen LogP contribution is 2.11. The second kappa shape index (κ2) is 23.7. The summed E-state index contributed by atoms with van der Waals surface area (Å²) in [6.07, 6.45) is 18.7.